The van der Waals surface area contributed by atoms with Crippen molar-refractivity contribution in [3.63, 3.8) is 0 Å². The standard InChI is InChI=1S/C16H17N3O5/c1-10-17-14(18-24-10)9-23-12-5-2-4-11(8-12)15(20)19-7-3-6-13(19)16(21)22/h2,4-5,8,13H,3,6-7,9H2,1H3,(H,21,22). The summed E-state index contributed by atoms with van der Waals surface area (Å²) in [7, 11) is 0. The first-order valence-corrected chi connectivity index (χ1v) is 7.60. The third-order valence-corrected chi connectivity index (χ3v) is 3.82. The van der Waals surface area contributed by atoms with Crippen molar-refractivity contribution in [3.8, 4) is 5.75 Å². The van der Waals surface area contributed by atoms with Crippen molar-refractivity contribution in [2.75, 3.05) is 6.54 Å². The van der Waals surface area contributed by atoms with Gasteiger partial charge in [-0.3, -0.25) is 4.79 Å². The van der Waals surface area contributed by atoms with Gasteiger partial charge in [-0.1, -0.05) is 11.2 Å². The first-order valence-electron chi connectivity index (χ1n) is 7.60. The Bertz CT molecular complexity index is 758. The van der Waals surface area contributed by atoms with E-state index in [2.05, 4.69) is 10.1 Å². The van der Waals surface area contributed by atoms with E-state index < -0.39 is 12.0 Å². The molecule has 1 amide bonds. The van der Waals surface area contributed by atoms with Gasteiger partial charge in [0, 0.05) is 19.0 Å². The minimum absolute atomic E-state index is 0.121. The average molecular weight is 331 g/mol. The molecule has 1 fully saturated rings. The van der Waals surface area contributed by atoms with Crippen molar-refractivity contribution in [3.05, 3.63) is 41.5 Å². The second kappa shape index (κ2) is 6.69. The molecule has 1 atom stereocenters. The Morgan fingerprint density at radius 3 is 3.00 bits per heavy atom. The fourth-order valence-corrected chi connectivity index (χ4v) is 2.70. The van der Waals surface area contributed by atoms with Crippen molar-refractivity contribution in [2.45, 2.75) is 32.4 Å². The molecule has 0 spiro atoms. The number of carboxylic acid groups (broad SMARTS) is 1. The molecule has 1 N–H and O–H groups in total. The topological polar surface area (TPSA) is 106 Å². The summed E-state index contributed by atoms with van der Waals surface area (Å²) in [5.74, 6) is 0.0665. The van der Waals surface area contributed by atoms with Crippen LogP contribution in [0, 0.1) is 6.92 Å². The molecule has 8 heteroatoms. The van der Waals surface area contributed by atoms with Gasteiger partial charge in [0.1, 0.15) is 11.8 Å². The van der Waals surface area contributed by atoms with E-state index in [9.17, 15) is 14.7 Å². The number of hydrogen-bond donors (Lipinski definition) is 1. The molecule has 1 aliphatic heterocycles. The number of carbonyl (C=O) groups excluding carboxylic acids is 1. The molecule has 0 saturated carbocycles. The molecule has 2 aromatic rings. The number of aryl methyl sites for hydroxylation is 1. The summed E-state index contributed by atoms with van der Waals surface area (Å²) in [6.45, 7) is 2.25. The number of amides is 1. The fraction of sp³-hybridized carbons (Fsp3) is 0.375. The first-order chi connectivity index (χ1) is 11.5. The number of carboxylic acids is 1. The van der Waals surface area contributed by atoms with E-state index in [1.807, 2.05) is 0 Å². The van der Waals surface area contributed by atoms with Crippen LogP contribution in [0.4, 0.5) is 0 Å². The Morgan fingerprint density at radius 2 is 2.29 bits per heavy atom. The number of rotatable bonds is 5. The Hall–Kier alpha value is -2.90. The van der Waals surface area contributed by atoms with Crippen molar-refractivity contribution in [1.82, 2.24) is 15.0 Å². The zero-order chi connectivity index (χ0) is 17.1. The molecular weight excluding hydrogens is 314 g/mol. The summed E-state index contributed by atoms with van der Waals surface area (Å²) in [4.78, 5) is 29.2. The van der Waals surface area contributed by atoms with E-state index >= 15 is 0 Å². The molecular formula is C16H17N3O5. The lowest BCUT2D eigenvalue weighted by atomic mass is 10.1. The average Bonchev–Trinajstić information content (AvgIpc) is 3.21. The summed E-state index contributed by atoms with van der Waals surface area (Å²) < 4.78 is 10.4. The largest absolute Gasteiger partial charge is 0.485 e. The van der Waals surface area contributed by atoms with Gasteiger partial charge in [-0.2, -0.15) is 4.98 Å². The predicted octanol–water partition coefficient (Wildman–Crippen LogP) is 1.65. The highest BCUT2D eigenvalue weighted by molar-refractivity contribution is 5.97. The molecule has 1 aromatic heterocycles. The Balaban J connectivity index is 1.70. The highest BCUT2D eigenvalue weighted by Gasteiger charge is 2.34. The molecule has 24 heavy (non-hydrogen) atoms. The zero-order valence-corrected chi connectivity index (χ0v) is 13.1. The van der Waals surface area contributed by atoms with E-state index in [0.29, 0.717) is 42.4 Å². The molecule has 1 unspecified atom stereocenters. The van der Waals surface area contributed by atoms with E-state index in [4.69, 9.17) is 9.26 Å². The van der Waals surface area contributed by atoms with Gasteiger partial charge in [-0.25, -0.2) is 4.79 Å². The number of aliphatic carboxylic acids is 1. The number of carbonyl (C=O) groups is 2. The van der Waals surface area contributed by atoms with E-state index in [-0.39, 0.29) is 12.5 Å². The minimum Gasteiger partial charge on any atom is -0.485 e. The van der Waals surface area contributed by atoms with Gasteiger partial charge in [0.2, 0.25) is 11.7 Å². The van der Waals surface area contributed by atoms with Crippen LogP contribution in [0.5, 0.6) is 5.75 Å². The summed E-state index contributed by atoms with van der Waals surface area (Å²) in [5, 5.41) is 12.9. The maximum Gasteiger partial charge on any atom is 0.326 e. The molecule has 1 aliphatic rings. The first kappa shape index (κ1) is 16.0. The third kappa shape index (κ3) is 3.37. The number of benzene rings is 1. The normalized spacial score (nSPS) is 17.0. The number of likely N-dealkylation sites (tertiary alicyclic amines) is 1. The third-order valence-electron chi connectivity index (χ3n) is 3.82. The molecule has 0 bridgehead atoms. The monoisotopic (exact) mass is 331 g/mol. The summed E-state index contributed by atoms with van der Waals surface area (Å²) in [6.07, 6.45) is 1.17. The van der Waals surface area contributed by atoms with Crippen LogP contribution in [-0.2, 0) is 11.4 Å². The van der Waals surface area contributed by atoms with Gasteiger partial charge in [0.25, 0.3) is 5.91 Å². The van der Waals surface area contributed by atoms with E-state index in [0.717, 1.165) is 0 Å². The molecule has 8 nitrogen and oxygen atoms in total. The van der Waals surface area contributed by atoms with Gasteiger partial charge in [0.05, 0.1) is 0 Å². The van der Waals surface area contributed by atoms with E-state index in [1.165, 1.54) is 4.90 Å². The van der Waals surface area contributed by atoms with Crippen molar-refractivity contribution >= 4 is 11.9 Å². The van der Waals surface area contributed by atoms with Crippen LogP contribution in [0.1, 0.15) is 34.9 Å². The summed E-state index contributed by atoms with van der Waals surface area (Å²) in [6, 6.07) is 5.87. The Morgan fingerprint density at radius 1 is 1.46 bits per heavy atom. The zero-order valence-electron chi connectivity index (χ0n) is 13.1. The van der Waals surface area contributed by atoms with E-state index in [1.54, 1.807) is 31.2 Å². The maximum atomic E-state index is 12.6. The van der Waals surface area contributed by atoms with Crippen LogP contribution in [0.3, 0.4) is 0 Å². The number of hydrogen-bond acceptors (Lipinski definition) is 6. The van der Waals surface area contributed by atoms with Crippen LogP contribution in [-0.4, -0.2) is 44.6 Å². The van der Waals surface area contributed by atoms with Crippen LogP contribution >= 0.6 is 0 Å². The van der Waals surface area contributed by atoms with Gasteiger partial charge < -0.3 is 19.3 Å². The molecule has 1 saturated heterocycles. The smallest absolute Gasteiger partial charge is 0.326 e. The minimum atomic E-state index is -0.972. The molecule has 0 aliphatic carbocycles. The number of nitrogens with zero attached hydrogens (tertiary/aromatic N) is 3. The lowest BCUT2D eigenvalue weighted by molar-refractivity contribution is -0.141. The molecule has 0 radical (unpaired) electrons. The molecule has 1 aromatic carbocycles. The second-order valence-electron chi connectivity index (χ2n) is 5.54. The highest BCUT2D eigenvalue weighted by Crippen LogP contribution is 2.22. The summed E-state index contributed by atoms with van der Waals surface area (Å²) >= 11 is 0. The van der Waals surface area contributed by atoms with Crippen LogP contribution in [0.15, 0.2) is 28.8 Å². The molecule has 126 valence electrons. The Kier molecular flexibility index (Phi) is 4.45. The lowest BCUT2D eigenvalue weighted by Gasteiger charge is -2.21. The maximum absolute atomic E-state index is 12.6. The van der Waals surface area contributed by atoms with Crippen molar-refractivity contribution in [2.24, 2.45) is 0 Å². The number of aromatic nitrogens is 2. The number of ether oxygens (including phenoxy) is 1. The van der Waals surface area contributed by atoms with Crippen molar-refractivity contribution < 1.29 is 24.0 Å². The van der Waals surface area contributed by atoms with Crippen LogP contribution in [0.2, 0.25) is 0 Å². The predicted molar refractivity (Wildman–Crippen MR) is 81.5 cm³/mol. The highest BCUT2D eigenvalue weighted by atomic mass is 16.5. The van der Waals surface area contributed by atoms with Gasteiger partial charge >= 0.3 is 5.97 Å². The second-order valence-corrected chi connectivity index (χ2v) is 5.54. The molecule has 2 heterocycles. The van der Waals surface area contributed by atoms with Gasteiger partial charge in [0.15, 0.2) is 6.61 Å². The SMILES string of the molecule is Cc1nc(COc2cccc(C(=O)N3CCCC3C(=O)O)c2)no1. The fourth-order valence-electron chi connectivity index (χ4n) is 2.70. The Labute approximate surface area is 138 Å². The van der Waals surface area contributed by atoms with Crippen LogP contribution < -0.4 is 4.74 Å². The van der Waals surface area contributed by atoms with Crippen molar-refractivity contribution in [1.29, 1.82) is 0 Å². The quantitative estimate of drug-likeness (QED) is 0.887. The lowest BCUT2D eigenvalue weighted by Crippen LogP contribution is -2.40. The molecule has 3 rings (SSSR count). The van der Waals surface area contributed by atoms with Crippen LogP contribution in [0.25, 0.3) is 0 Å². The summed E-state index contributed by atoms with van der Waals surface area (Å²) in [5.41, 5.74) is 0.393. The van der Waals surface area contributed by atoms with Gasteiger partial charge in [-0.15, -0.1) is 0 Å². The van der Waals surface area contributed by atoms with Gasteiger partial charge in [-0.05, 0) is 31.0 Å².